The van der Waals surface area contributed by atoms with Gasteiger partial charge < -0.3 is 14.8 Å². The Morgan fingerprint density at radius 3 is 2.40 bits per heavy atom. The number of thioether (sulfide) groups is 1. The number of rotatable bonds is 9. The molecule has 2 aromatic carbocycles. The Bertz CT molecular complexity index is 989. The van der Waals surface area contributed by atoms with Gasteiger partial charge in [-0.2, -0.15) is 0 Å². The van der Waals surface area contributed by atoms with Crippen molar-refractivity contribution in [1.82, 2.24) is 15.5 Å². The lowest BCUT2D eigenvalue weighted by Gasteiger charge is -2.07. The highest BCUT2D eigenvalue weighted by Crippen LogP contribution is 2.27. The summed E-state index contributed by atoms with van der Waals surface area (Å²) in [5.41, 5.74) is 1.40. The first-order valence-corrected chi connectivity index (χ1v) is 10.7. The van der Waals surface area contributed by atoms with Gasteiger partial charge >= 0.3 is 0 Å². The minimum atomic E-state index is -0.361. The highest BCUT2D eigenvalue weighted by molar-refractivity contribution is 8.01. The number of anilines is 1. The predicted octanol–water partition coefficient (Wildman–Crippen LogP) is 3.22. The standard InChI is InChI=1S/C20H20N4O4S2/c1-27-15-8-14(9-16(10-15)28-2)18(26)22-19-23-24-20(30-19)29-12-17(25)21-11-13-6-4-3-5-7-13/h3-10H,11-12H2,1-2H3,(H,21,25)(H,22,23,26). The molecule has 0 unspecified atom stereocenters. The summed E-state index contributed by atoms with van der Waals surface area (Å²) in [5.74, 6) is 0.764. The number of aromatic nitrogens is 2. The lowest BCUT2D eigenvalue weighted by Crippen LogP contribution is -2.24. The van der Waals surface area contributed by atoms with E-state index in [0.717, 1.165) is 5.56 Å². The molecule has 0 aliphatic rings. The largest absolute Gasteiger partial charge is 0.497 e. The Hall–Kier alpha value is -3.11. The second kappa shape index (κ2) is 10.6. The zero-order chi connectivity index (χ0) is 21.3. The van der Waals surface area contributed by atoms with Crippen molar-refractivity contribution in [2.45, 2.75) is 10.9 Å². The molecular formula is C20H20N4O4S2. The van der Waals surface area contributed by atoms with Crippen molar-refractivity contribution < 1.29 is 19.1 Å². The molecule has 2 N–H and O–H groups in total. The molecule has 3 aromatic rings. The van der Waals surface area contributed by atoms with Crippen LogP contribution in [0.2, 0.25) is 0 Å². The van der Waals surface area contributed by atoms with Gasteiger partial charge in [0.2, 0.25) is 11.0 Å². The van der Waals surface area contributed by atoms with Crippen LogP contribution in [-0.2, 0) is 11.3 Å². The number of carbonyl (C=O) groups is 2. The number of hydrogen-bond acceptors (Lipinski definition) is 8. The highest BCUT2D eigenvalue weighted by atomic mass is 32.2. The van der Waals surface area contributed by atoms with E-state index >= 15 is 0 Å². The molecule has 0 aliphatic heterocycles. The normalized spacial score (nSPS) is 10.3. The second-order valence-corrected chi connectivity index (χ2v) is 8.18. The molecule has 1 aromatic heterocycles. The van der Waals surface area contributed by atoms with Crippen LogP contribution < -0.4 is 20.1 Å². The fourth-order valence-electron chi connectivity index (χ4n) is 2.40. The van der Waals surface area contributed by atoms with Crippen LogP contribution >= 0.6 is 23.1 Å². The van der Waals surface area contributed by atoms with E-state index < -0.39 is 0 Å². The Morgan fingerprint density at radius 2 is 1.73 bits per heavy atom. The average Bonchev–Trinajstić information content (AvgIpc) is 3.23. The van der Waals surface area contributed by atoms with Crippen LogP contribution in [0.3, 0.4) is 0 Å². The molecule has 0 spiro atoms. The zero-order valence-corrected chi connectivity index (χ0v) is 18.0. The number of benzene rings is 2. The predicted molar refractivity (Wildman–Crippen MR) is 116 cm³/mol. The Balaban J connectivity index is 1.51. The maximum absolute atomic E-state index is 12.5. The number of nitrogens with one attached hydrogen (secondary N) is 2. The summed E-state index contributed by atoms with van der Waals surface area (Å²) in [6, 6.07) is 14.6. The first kappa shape index (κ1) is 21.6. The van der Waals surface area contributed by atoms with E-state index in [1.54, 1.807) is 18.2 Å². The maximum Gasteiger partial charge on any atom is 0.257 e. The van der Waals surface area contributed by atoms with Crippen LogP contribution in [0.5, 0.6) is 11.5 Å². The molecule has 0 fully saturated rings. The summed E-state index contributed by atoms with van der Waals surface area (Å²) in [7, 11) is 3.03. The van der Waals surface area contributed by atoms with Crippen molar-refractivity contribution in [2.75, 3.05) is 25.3 Å². The Morgan fingerprint density at radius 1 is 1.03 bits per heavy atom. The van der Waals surface area contributed by atoms with Crippen molar-refractivity contribution in [1.29, 1.82) is 0 Å². The van der Waals surface area contributed by atoms with Crippen LogP contribution in [0.25, 0.3) is 0 Å². The van der Waals surface area contributed by atoms with E-state index in [4.69, 9.17) is 9.47 Å². The molecule has 2 amide bonds. The fraction of sp³-hybridized carbons (Fsp3) is 0.200. The smallest absolute Gasteiger partial charge is 0.257 e. The molecular weight excluding hydrogens is 424 g/mol. The molecule has 10 heteroatoms. The maximum atomic E-state index is 12.5. The van der Waals surface area contributed by atoms with Crippen LogP contribution in [-0.4, -0.2) is 42.0 Å². The van der Waals surface area contributed by atoms with Crippen LogP contribution in [0.1, 0.15) is 15.9 Å². The molecule has 1 heterocycles. The van der Waals surface area contributed by atoms with Gasteiger partial charge in [0.05, 0.1) is 20.0 Å². The van der Waals surface area contributed by atoms with E-state index in [2.05, 4.69) is 20.8 Å². The number of carbonyl (C=O) groups excluding carboxylic acids is 2. The molecule has 0 radical (unpaired) electrons. The van der Waals surface area contributed by atoms with Crippen LogP contribution in [0, 0.1) is 0 Å². The SMILES string of the molecule is COc1cc(OC)cc(C(=O)Nc2nnc(SCC(=O)NCc3ccccc3)s2)c1. The van der Waals surface area contributed by atoms with Crippen LogP contribution in [0.4, 0.5) is 5.13 Å². The zero-order valence-electron chi connectivity index (χ0n) is 16.4. The highest BCUT2D eigenvalue weighted by Gasteiger charge is 2.14. The van der Waals surface area contributed by atoms with E-state index in [1.807, 2.05) is 30.3 Å². The number of amides is 2. The van der Waals surface area contributed by atoms with Gasteiger partial charge in [0.15, 0.2) is 4.34 Å². The van der Waals surface area contributed by atoms with E-state index in [1.165, 1.54) is 37.3 Å². The van der Waals surface area contributed by atoms with E-state index in [-0.39, 0.29) is 17.6 Å². The van der Waals surface area contributed by atoms with E-state index in [9.17, 15) is 9.59 Å². The third-order valence-corrected chi connectivity index (χ3v) is 5.87. The number of ether oxygens (including phenoxy) is 2. The van der Waals surface area contributed by atoms with Gasteiger partial charge in [0, 0.05) is 18.2 Å². The molecule has 156 valence electrons. The molecule has 0 atom stereocenters. The van der Waals surface area contributed by atoms with Gasteiger partial charge in [-0.25, -0.2) is 0 Å². The summed E-state index contributed by atoms with van der Waals surface area (Å²) in [4.78, 5) is 24.5. The van der Waals surface area contributed by atoms with Crippen molar-refractivity contribution in [3.8, 4) is 11.5 Å². The number of hydrogen-bond donors (Lipinski definition) is 2. The van der Waals surface area contributed by atoms with Gasteiger partial charge in [-0.1, -0.05) is 53.4 Å². The van der Waals surface area contributed by atoms with Crippen molar-refractivity contribution in [3.05, 3.63) is 59.7 Å². The number of nitrogens with zero attached hydrogens (tertiary/aromatic N) is 2. The Labute approximate surface area is 182 Å². The summed E-state index contributed by atoms with van der Waals surface area (Å²) in [6.45, 7) is 0.474. The molecule has 0 bridgehead atoms. The minimum Gasteiger partial charge on any atom is -0.497 e. The van der Waals surface area contributed by atoms with Crippen molar-refractivity contribution in [3.63, 3.8) is 0 Å². The third kappa shape index (κ3) is 6.19. The molecule has 3 rings (SSSR count). The molecule has 8 nitrogen and oxygen atoms in total. The number of methoxy groups -OCH3 is 2. The summed E-state index contributed by atoms with van der Waals surface area (Å²) in [6.07, 6.45) is 0. The van der Waals surface area contributed by atoms with Gasteiger partial charge in [-0.05, 0) is 17.7 Å². The topological polar surface area (TPSA) is 102 Å². The summed E-state index contributed by atoms with van der Waals surface area (Å²) < 4.78 is 10.9. The third-order valence-electron chi connectivity index (χ3n) is 3.90. The molecule has 0 saturated carbocycles. The molecule has 0 aliphatic carbocycles. The Kier molecular flexibility index (Phi) is 7.63. The quantitative estimate of drug-likeness (QED) is 0.386. The minimum absolute atomic E-state index is 0.104. The monoisotopic (exact) mass is 444 g/mol. The first-order valence-electron chi connectivity index (χ1n) is 8.88. The van der Waals surface area contributed by atoms with Gasteiger partial charge in [-0.3, -0.25) is 14.9 Å². The summed E-state index contributed by atoms with van der Waals surface area (Å²) in [5, 5.41) is 13.9. The van der Waals surface area contributed by atoms with Gasteiger partial charge in [-0.15, -0.1) is 10.2 Å². The van der Waals surface area contributed by atoms with Crippen molar-refractivity contribution in [2.24, 2.45) is 0 Å². The summed E-state index contributed by atoms with van der Waals surface area (Å²) >= 11 is 2.46. The van der Waals surface area contributed by atoms with Gasteiger partial charge in [0.1, 0.15) is 11.5 Å². The molecule has 30 heavy (non-hydrogen) atoms. The lowest BCUT2D eigenvalue weighted by atomic mass is 10.2. The first-order chi connectivity index (χ1) is 14.6. The van der Waals surface area contributed by atoms with Gasteiger partial charge in [0.25, 0.3) is 5.91 Å². The fourth-order valence-corrected chi connectivity index (χ4v) is 3.98. The van der Waals surface area contributed by atoms with Crippen LogP contribution in [0.15, 0.2) is 52.9 Å². The molecule has 0 saturated heterocycles. The van der Waals surface area contributed by atoms with Crippen molar-refractivity contribution >= 4 is 40.0 Å². The van der Waals surface area contributed by atoms with E-state index in [0.29, 0.717) is 33.1 Å². The average molecular weight is 445 g/mol. The lowest BCUT2D eigenvalue weighted by molar-refractivity contribution is -0.118. The second-order valence-electron chi connectivity index (χ2n) is 5.98.